The van der Waals surface area contributed by atoms with E-state index in [2.05, 4.69) is 26.2 Å². The van der Waals surface area contributed by atoms with Gasteiger partial charge in [0.25, 0.3) is 0 Å². The van der Waals surface area contributed by atoms with Crippen LogP contribution in [0.25, 0.3) is 0 Å². The summed E-state index contributed by atoms with van der Waals surface area (Å²) in [6.07, 6.45) is 1.50. The minimum Gasteiger partial charge on any atom is -0.338 e. The van der Waals surface area contributed by atoms with Crippen LogP contribution in [-0.4, -0.2) is 4.98 Å². The number of aromatic nitrogens is 1. The lowest BCUT2D eigenvalue weighted by molar-refractivity contribution is 0.496. The van der Waals surface area contributed by atoms with E-state index in [9.17, 15) is 13.2 Å². The lowest BCUT2D eigenvalue weighted by atomic mass is 10.3. The average molecular weight is 303 g/mol. The molecule has 2 aromatic rings. The molecule has 2 rings (SSSR count). The predicted molar refractivity (Wildman–Crippen MR) is 61.5 cm³/mol. The Labute approximate surface area is 104 Å². The van der Waals surface area contributed by atoms with E-state index in [0.717, 1.165) is 10.5 Å². The second kappa shape index (κ2) is 4.75. The molecule has 0 amide bonds. The van der Waals surface area contributed by atoms with E-state index >= 15 is 0 Å². The van der Waals surface area contributed by atoms with Gasteiger partial charge in [0.1, 0.15) is 11.6 Å². The smallest absolute Gasteiger partial charge is 0.161 e. The number of pyridine rings is 1. The maximum atomic E-state index is 13.3. The highest BCUT2D eigenvalue weighted by Gasteiger charge is 2.10. The molecule has 0 aliphatic heterocycles. The third kappa shape index (κ3) is 2.76. The van der Waals surface area contributed by atoms with Crippen LogP contribution in [0.3, 0.4) is 0 Å². The molecule has 0 spiro atoms. The molecule has 0 aliphatic rings. The van der Waals surface area contributed by atoms with Crippen molar-refractivity contribution in [2.45, 2.75) is 0 Å². The Hall–Kier alpha value is -1.56. The Balaban J connectivity index is 2.30. The Bertz CT molecular complexity index is 543. The Morgan fingerprint density at radius 3 is 2.35 bits per heavy atom. The van der Waals surface area contributed by atoms with Gasteiger partial charge < -0.3 is 5.32 Å². The molecule has 0 unspecified atom stereocenters. The third-order valence-electron chi connectivity index (χ3n) is 2.00. The number of benzene rings is 1. The van der Waals surface area contributed by atoms with E-state index in [1.807, 2.05) is 0 Å². The first kappa shape index (κ1) is 11.9. The quantitative estimate of drug-likeness (QED) is 0.848. The molecule has 17 heavy (non-hydrogen) atoms. The van der Waals surface area contributed by atoms with Gasteiger partial charge in [0.05, 0.1) is 5.69 Å². The van der Waals surface area contributed by atoms with Crippen LogP contribution in [0.4, 0.5) is 24.7 Å². The van der Waals surface area contributed by atoms with Crippen LogP contribution in [0, 0.1) is 17.5 Å². The standard InChI is InChI=1S/C11H6BrF3N2/c12-6-1-2-11(16-5-6)17-10-4-8(14)7(13)3-9(10)15/h1-5H,(H,16,17). The van der Waals surface area contributed by atoms with Crippen LogP contribution in [0.2, 0.25) is 0 Å². The van der Waals surface area contributed by atoms with Crippen molar-refractivity contribution in [3.05, 3.63) is 52.4 Å². The lowest BCUT2D eigenvalue weighted by Crippen LogP contribution is -1.98. The first-order valence-electron chi connectivity index (χ1n) is 4.59. The molecule has 1 N–H and O–H groups in total. The monoisotopic (exact) mass is 302 g/mol. The fourth-order valence-electron chi connectivity index (χ4n) is 1.21. The first-order chi connectivity index (χ1) is 8.06. The molecule has 1 heterocycles. The highest BCUT2D eigenvalue weighted by Crippen LogP contribution is 2.22. The Morgan fingerprint density at radius 2 is 1.71 bits per heavy atom. The zero-order valence-corrected chi connectivity index (χ0v) is 9.93. The molecular weight excluding hydrogens is 297 g/mol. The fourth-order valence-corrected chi connectivity index (χ4v) is 1.44. The molecule has 0 aliphatic carbocycles. The number of hydrogen-bond acceptors (Lipinski definition) is 2. The van der Waals surface area contributed by atoms with Gasteiger partial charge in [-0.25, -0.2) is 18.2 Å². The summed E-state index contributed by atoms with van der Waals surface area (Å²) in [6.45, 7) is 0. The van der Waals surface area contributed by atoms with Crippen molar-refractivity contribution in [2.24, 2.45) is 0 Å². The van der Waals surface area contributed by atoms with Crippen LogP contribution in [0.5, 0.6) is 0 Å². The molecule has 1 aromatic heterocycles. The maximum Gasteiger partial charge on any atom is 0.161 e. The van der Waals surface area contributed by atoms with Crippen molar-refractivity contribution in [1.82, 2.24) is 4.98 Å². The van der Waals surface area contributed by atoms with Crippen LogP contribution < -0.4 is 5.32 Å². The topological polar surface area (TPSA) is 24.9 Å². The van der Waals surface area contributed by atoms with Gasteiger partial charge >= 0.3 is 0 Å². The van der Waals surface area contributed by atoms with Gasteiger partial charge in [-0.3, -0.25) is 0 Å². The molecule has 2 nitrogen and oxygen atoms in total. The largest absolute Gasteiger partial charge is 0.338 e. The molecule has 0 saturated heterocycles. The van der Waals surface area contributed by atoms with Gasteiger partial charge in [-0.15, -0.1) is 0 Å². The number of nitrogens with zero attached hydrogens (tertiary/aromatic N) is 1. The Kier molecular flexibility index (Phi) is 3.33. The molecule has 0 bridgehead atoms. The molecule has 0 radical (unpaired) electrons. The SMILES string of the molecule is Fc1cc(F)c(Nc2ccc(Br)cn2)cc1F. The summed E-state index contributed by atoms with van der Waals surface area (Å²) in [5, 5.41) is 2.55. The van der Waals surface area contributed by atoms with Crippen molar-refractivity contribution in [3.8, 4) is 0 Å². The Morgan fingerprint density at radius 1 is 1.00 bits per heavy atom. The molecule has 0 saturated carbocycles. The van der Waals surface area contributed by atoms with Gasteiger partial charge in [0.2, 0.25) is 0 Å². The van der Waals surface area contributed by atoms with Gasteiger partial charge in [-0.2, -0.15) is 0 Å². The van der Waals surface area contributed by atoms with Gasteiger partial charge in [-0.05, 0) is 28.1 Å². The summed E-state index contributed by atoms with van der Waals surface area (Å²) in [5.41, 5.74) is -0.168. The van der Waals surface area contributed by atoms with Crippen molar-refractivity contribution in [2.75, 3.05) is 5.32 Å². The number of nitrogens with one attached hydrogen (secondary N) is 1. The summed E-state index contributed by atoms with van der Waals surface area (Å²) in [7, 11) is 0. The maximum absolute atomic E-state index is 13.3. The van der Waals surface area contributed by atoms with Crippen molar-refractivity contribution in [1.29, 1.82) is 0 Å². The number of rotatable bonds is 2. The van der Waals surface area contributed by atoms with Gasteiger partial charge in [-0.1, -0.05) is 0 Å². The van der Waals surface area contributed by atoms with Gasteiger partial charge in [0.15, 0.2) is 11.6 Å². The average Bonchev–Trinajstić information content (AvgIpc) is 2.29. The minimum absolute atomic E-state index is 0.168. The van der Waals surface area contributed by atoms with Crippen LogP contribution >= 0.6 is 15.9 Å². The van der Waals surface area contributed by atoms with Crippen LogP contribution in [-0.2, 0) is 0 Å². The van der Waals surface area contributed by atoms with Crippen molar-refractivity contribution >= 4 is 27.4 Å². The van der Waals surface area contributed by atoms with Crippen LogP contribution in [0.15, 0.2) is 34.9 Å². The van der Waals surface area contributed by atoms with Crippen molar-refractivity contribution in [3.63, 3.8) is 0 Å². The molecule has 1 aromatic carbocycles. The molecule has 6 heteroatoms. The van der Waals surface area contributed by atoms with Crippen LogP contribution in [0.1, 0.15) is 0 Å². The summed E-state index contributed by atoms with van der Waals surface area (Å²) >= 11 is 3.19. The molecule has 88 valence electrons. The van der Waals surface area contributed by atoms with E-state index in [-0.39, 0.29) is 5.69 Å². The summed E-state index contributed by atoms with van der Waals surface area (Å²) in [6, 6.07) is 4.49. The summed E-state index contributed by atoms with van der Waals surface area (Å²) < 4.78 is 39.7. The van der Waals surface area contributed by atoms with Crippen molar-refractivity contribution < 1.29 is 13.2 Å². The summed E-state index contributed by atoms with van der Waals surface area (Å²) in [4.78, 5) is 3.93. The predicted octanol–water partition coefficient (Wildman–Crippen LogP) is 4.01. The first-order valence-corrected chi connectivity index (χ1v) is 5.38. The number of anilines is 2. The number of hydrogen-bond donors (Lipinski definition) is 1. The highest BCUT2D eigenvalue weighted by molar-refractivity contribution is 9.10. The molecule has 0 atom stereocenters. The van der Waals surface area contributed by atoms with E-state index < -0.39 is 17.5 Å². The second-order valence-electron chi connectivity index (χ2n) is 3.23. The zero-order valence-electron chi connectivity index (χ0n) is 8.35. The normalized spacial score (nSPS) is 10.4. The molecular formula is C11H6BrF3N2. The third-order valence-corrected chi connectivity index (χ3v) is 2.47. The highest BCUT2D eigenvalue weighted by atomic mass is 79.9. The zero-order chi connectivity index (χ0) is 12.4. The van der Waals surface area contributed by atoms with E-state index in [4.69, 9.17) is 0 Å². The van der Waals surface area contributed by atoms with E-state index in [0.29, 0.717) is 11.9 Å². The fraction of sp³-hybridized carbons (Fsp3) is 0. The molecule has 0 fully saturated rings. The second-order valence-corrected chi connectivity index (χ2v) is 4.15. The summed E-state index contributed by atoms with van der Waals surface area (Å²) in [5.74, 6) is -2.89. The van der Waals surface area contributed by atoms with E-state index in [1.165, 1.54) is 6.20 Å². The van der Waals surface area contributed by atoms with Gasteiger partial charge in [0, 0.05) is 22.8 Å². The lowest BCUT2D eigenvalue weighted by Gasteiger charge is -2.07. The minimum atomic E-state index is -1.23. The number of halogens is 4. The van der Waals surface area contributed by atoms with E-state index in [1.54, 1.807) is 12.1 Å².